The van der Waals surface area contributed by atoms with Gasteiger partial charge in [-0.2, -0.15) is 0 Å². The Morgan fingerprint density at radius 1 is 1.02 bits per heavy atom. The average molecular weight is 627 g/mol. The van der Waals surface area contributed by atoms with Crippen LogP contribution in [0.25, 0.3) is 11.0 Å². The Hall–Kier alpha value is -5.09. The van der Waals surface area contributed by atoms with Gasteiger partial charge in [-0.15, -0.1) is 5.10 Å². The predicted octanol–water partition coefficient (Wildman–Crippen LogP) is 6.16. The highest BCUT2D eigenvalue weighted by Crippen LogP contribution is 2.34. The summed E-state index contributed by atoms with van der Waals surface area (Å²) < 4.78 is 18.2. The van der Waals surface area contributed by atoms with Crippen molar-refractivity contribution < 1.29 is 28.9 Å². The quantitative estimate of drug-likeness (QED) is 0.189. The Kier molecular flexibility index (Phi) is 8.57. The zero-order valence-electron chi connectivity index (χ0n) is 24.7. The number of carboxylic acids is 1. The van der Waals surface area contributed by atoms with Crippen molar-refractivity contribution in [1.29, 1.82) is 0 Å². The lowest BCUT2D eigenvalue weighted by atomic mass is 9.87. The van der Waals surface area contributed by atoms with Crippen LogP contribution in [-0.2, 0) is 17.8 Å². The number of nitrogens with zero attached hydrogens (tertiary/aromatic N) is 3. The molecule has 0 bridgehead atoms. The van der Waals surface area contributed by atoms with Gasteiger partial charge >= 0.3 is 5.97 Å². The van der Waals surface area contributed by atoms with E-state index >= 15 is 0 Å². The first-order valence-electron chi connectivity index (χ1n) is 14.5. The second-order valence-corrected chi connectivity index (χ2v) is 11.2. The van der Waals surface area contributed by atoms with E-state index in [1.807, 2.05) is 18.2 Å². The molecule has 1 amide bonds. The molecule has 4 aromatic carbocycles. The van der Waals surface area contributed by atoms with E-state index in [9.17, 15) is 14.7 Å². The van der Waals surface area contributed by atoms with E-state index in [1.54, 1.807) is 53.2 Å². The molecule has 10 nitrogen and oxygen atoms in total. The van der Waals surface area contributed by atoms with E-state index in [0.717, 1.165) is 19.3 Å². The number of hydrogen-bond donors (Lipinski definition) is 2. The smallest absolute Gasteiger partial charge is 0.349 e. The van der Waals surface area contributed by atoms with Crippen LogP contribution < -0.4 is 19.5 Å². The molecule has 2 atom stereocenters. The second-order valence-electron chi connectivity index (χ2n) is 10.8. The zero-order chi connectivity index (χ0) is 31.5. The van der Waals surface area contributed by atoms with Crippen molar-refractivity contribution in [2.75, 3.05) is 14.2 Å². The highest BCUT2D eigenvalue weighted by atomic mass is 35.5. The molecule has 0 spiro atoms. The van der Waals surface area contributed by atoms with Crippen LogP contribution >= 0.6 is 11.6 Å². The van der Waals surface area contributed by atoms with Gasteiger partial charge in [0.1, 0.15) is 11.3 Å². The monoisotopic (exact) mass is 626 g/mol. The van der Waals surface area contributed by atoms with Gasteiger partial charge in [0.05, 0.1) is 32.3 Å². The molecule has 0 saturated carbocycles. The van der Waals surface area contributed by atoms with Crippen molar-refractivity contribution in [2.24, 2.45) is 0 Å². The fourth-order valence-corrected chi connectivity index (χ4v) is 5.87. The van der Waals surface area contributed by atoms with Crippen LogP contribution in [0.5, 0.6) is 17.2 Å². The molecule has 1 aliphatic carbocycles. The van der Waals surface area contributed by atoms with Gasteiger partial charge in [-0.25, -0.2) is 9.48 Å². The third-order valence-electron chi connectivity index (χ3n) is 7.98. The number of aromatic nitrogens is 3. The van der Waals surface area contributed by atoms with Gasteiger partial charge in [0.25, 0.3) is 5.91 Å². The lowest BCUT2D eigenvalue weighted by molar-refractivity contribution is -0.145. The minimum absolute atomic E-state index is 0.0297. The molecule has 11 heteroatoms. The fraction of sp³-hybridized carbons (Fsp3) is 0.235. The average Bonchev–Trinajstić information content (AvgIpc) is 3.46. The van der Waals surface area contributed by atoms with Gasteiger partial charge in [0.15, 0.2) is 11.5 Å². The first-order valence-corrected chi connectivity index (χ1v) is 14.8. The number of carboxylic acid groups (broad SMARTS) is 1. The number of amides is 1. The summed E-state index contributed by atoms with van der Waals surface area (Å²) in [6, 6.07) is 23.2. The van der Waals surface area contributed by atoms with Gasteiger partial charge in [-0.3, -0.25) is 4.79 Å². The molecule has 45 heavy (non-hydrogen) atoms. The second kappa shape index (κ2) is 12.9. The molecule has 0 fully saturated rings. The molecule has 5 aromatic rings. The van der Waals surface area contributed by atoms with Crippen LogP contribution in [0.2, 0.25) is 5.02 Å². The first kappa shape index (κ1) is 30.0. The van der Waals surface area contributed by atoms with Crippen molar-refractivity contribution in [2.45, 2.75) is 38.0 Å². The van der Waals surface area contributed by atoms with Crippen molar-refractivity contribution in [1.82, 2.24) is 20.3 Å². The molecule has 1 aromatic heterocycles. The molecule has 2 unspecified atom stereocenters. The lowest BCUT2D eigenvalue weighted by Crippen LogP contribution is -2.30. The van der Waals surface area contributed by atoms with Crippen molar-refractivity contribution in [3.05, 3.63) is 112 Å². The van der Waals surface area contributed by atoms with E-state index in [0.29, 0.717) is 50.0 Å². The summed E-state index contributed by atoms with van der Waals surface area (Å²) in [6.07, 6.45) is 1.63. The number of hydrogen-bond acceptors (Lipinski definition) is 7. The van der Waals surface area contributed by atoms with Crippen LogP contribution in [0.15, 0.2) is 78.9 Å². The molecule has 0 radical (unpaired) electrons. The Morgan fingerprint density at radius 3 is 2.64 bits per heavy atom. The maximum absolute atomic E-state index is 13.2. The topological polar surface area (TPSA) is 125 Å². The number of halogens is 1. The third-order valence-corrected chi connectivity index (χ3v) is 8.35. The summed E-state index contributed by atoms with van der Waals surface area (Å²) in [5, 5.41) is 22.2. The van der Waals surface area contributed by atoms with Gasteiger partial charge < -0.3 is 24.6 Å². The molecular formula is C34H31ClN4O6. The summed E-state index contributed by atoms with van der Waals surface area (Å²) in [5.41, 5.74) is 5.26. The summed E-state index contributed by atoms with van der Waals surface area (Å²) in [4.78, 5) is 25.4. The van der Waals surface area contributed by atoms with Crippen molar-refractivity contribution >= 4 is 34.5 Å². The van der Waals surface area contributed by atoms with E-state index in [4.69, 9.17) is 25.8 Å². The van der Waals surface area contributed by atoms with E-state index < -0.39 is 12.1 Å². The molecule has 6 rings (SSSR count). The van der Waals surface area contributed by atoms with Gasteiger partial charge in [-0.1, -0.05) is 47.1 Å². The maximum Gasteiger partial charge on any atom is 0.349 e. The van der Waals surface area contributed by atoms with Crippen LogP contribution in [0.4, 0.5) is 0 Å². The van der Waals surface area contributed by atoms with E-state index in [-0.39, 0.29) is 18.5 Å². The van der Waals surface area contributed by atoms with Crippen molar-refractivity contribution in [3.8, 4) is 17.2 Å². The summed E-state index contributed by atoms with van der Waals surface area (Å²) >= 11 is 6.53. The Balaban J connectivity index is 1.19. The van der Waals surface area contributed by atoms with Crippen molar-refractivity contribution in [3.63, 3.8) is 0 Å². The minimum Gasteiger partial charge on any atom is -0.493 e. The van der Waals surface area contributed by atoms with E-state index in [1.165, 1.54) is 25.3 Å². The number of methoxy groups -OCH3 is 2. The number of carbonyl (C=O) groups is 2. The third kappa shape index (κ3) is 6.28. The number of carbonyl (C=O) groups excluding carboxylic acids is 1. The zero-order valence-corrected chi connectivity index (χ0v) is 25.5. The number of aryl methyl sites for hydroxylation is 1. The Bertz CT molecular complexity index is 1890. The number of nitrogens with one attached hydrogen (secondary N) is 1. The molecule has 230 valence electrons. The normalized spacial score (nSPS) is 14.8. The summed E-state index contributed by atoms with van der Waals surface area (Å²) in [5.74, 6) is -0.164. The Morgan fingerprint density at radius 2 is 1.84 bits per heavy atom. The lowest BCUT2D eigenvalue weighted by Gasteiger charge is -2.26. The molecule has 0 aliphatic heterocycles. The maximum atomic E-state index is 13.2. The van der Waals surface area contributed by atoms with Gasteiger partial charge in [0.2, 0.25) is 6.10 Å². The predicted molar refractivity (Wildman–Crippen MR) is 168 cm³/mol. The number of fused-ring (bicyclic) bond motifs is 2. The van der Waals surface area contributed by atoms with Crippen LogP contribution in [0.3, 0.4) is 0 Å². The van der Waals surface area contributed by atoms with Gasteiger partial charge in [0, 0.05) is 16.1 Å². The first-order chi connectivity index (χ1) is 21.8. The fourth-order valence-electron chi connectivity index (χ4n) is 5.70. The molecule has 0 saturated heterocycles. The van der Waals surface area contributed by atoms with Crippen LogP contribution in [0, 0.1) is 0 Å². The molecule has 2 N–H and O–H groups in total. The summed E-state index contributed by atoms with van der Waals surface area (Å²) in [7, 11) is 2.98. The molecule has 1 aliphatic rings. The number of ether oxygens (including phenoxy) is 3. The number of rotatable bonds is 10. The highest BCUT2D eigenvalue weighted by Gasteiger charge is 2.25. The van der Waals surface area contributed by atoms with Gasteiger partial charge in [-0.05, 0) is 84.5 Å². The largest absolute Gasteiger partial charge is 0.493 e. The molecular weight excluding hydrogens is 596 g/mol. The van der Waals surface area contributed by atoms with E-state index in [2.05, 4.69) is 27.8 Å². The Labute approximate surface area is 264 Å². The summed E-state index contributed by atoms with van der Waals surface area (Å²) in [6.45, 7) is 0.241. The SMILES string of the molecule is COc1ccc(C(Oc2ccc(Cl)c(Cn3nnc4cc(C(=O)NC5CCCc6ccccc65)ccc43)c2)C(=O)O)cc1OC. The molecule has 1 heterocycles. The van der Waals surface area contributed by atoms with Crippen LogP contribution in [0.1, 0.15) is 57.6 Å². The number of aliphatic carboxylic acids is 1. The number of benzene rings is 4. The minimum atomic E-state index is -1.31. The van der Waals surface area contributed by atoms with Crippen LogP contribution in [-0.4, -0.2) is 46.2 Å². The highest BCUT2D eigenvalue weighted by molar-refractivity contribution is 6.31. The standard InChI is InChI=1S/C34H31ClN4O6/c1-43-30-15-11-21(18-31(30)44-2)32(34(41)42)45-24-12-13-26(35)23(16-24)19-39-29-14-10-22(17-28(29)37-38-39)33(40)36-27-9-5-7-20-6-3-4-8-25(20)27/h3-4,6,8,10-18,27,32H,5,7,9,19H2,1-2H3,(H,36,40)(H,41,42).